The molecule has 2 saturated carbocycles. The van der Waals surface area contributed by atoms with Gasteiger partial charge in [0.2, 0.25) is 0 Å². The molecule has 0 amide bonds. The summed E-state index contributed by atoms with van der Waals surface area (Å²) in [6.07, 6.45) is 8.85. The predicted molar refractivity (Wildman–Crippen MR) is 135 cm³/mol. The fraction of sp³-hybridized carbons (Fsp3) is 0.793. The summed E-state index contributed by atoms with van der Waals surface area (Å²) in [5, 5.41) is 10.9. The van der Waals surface area contributed by atoms with E-state index in [0.717, 1.165) is 19.3 Å². The van der Waals surface area contributed by atoms with Crippen molar-refractivity contribution >= 4 is 11.9 Å². The Morgan fingerprint density at radius 1 is 1.19 bits per heavy atom. The van der Waals surface area contributed by atoms with Crippen molar-refractivity contribution in [2.45, 2.75) is 104 Å². The molecule has 3 fully saturated rings. The molecule has 0 spiro atoms. The first-order chi connectivity index (χ1) is 16.9. The van der Waals surface area contributed by atoms with Gasteiger partial charge in [0.05, 0.1) is 6.61 Å². The van der Waals surface area contributed by atoms with E-state index in [-0.39, 0.29) is 22.9 Å². The number of rotatable bonds is 7. The first kappa shape index (κ1) is 27.3. The third kappa shape index (κ3) is 5.16. The minimum atomic E-state index is -1.16. The van der Waals surface area contributed by atoms with Crippen LogP contribution in [0.15, 0.2) is 24.3 Å². The van der Waals surface area contributed by atoms with Gasteiger partial charge in [0.15, 0.2) is 12.4 Å². The third-order valence-corrected chi connectivity index (χ3v) is 9.69. The van der Waals surface area contributed by atoms with Crippen molar-refractivity contribution < 1.29 is 33.6 Å². The Morgan fingerprint density at radius 3 is 2.61 bits per heavy atom. The number of allylic oxidation sites excluding steroid dienone is 2. The maximum absolute atomic E-state index is 11.6. The number of carbonyl (C=O) groups excluding carboxylic acids is 2. The molecule has 0 radical (unpaired) electrons. The van der Waals surface area contributed by atoms with Gasteiger partial charge in [-0.3, -0.25) is 9.59 Å². The molecular formula is C29H44O7. The van der Waals surface area contributed by atoms with E-state index in [9.17, 15) is 14.7 Å². The van der Waals surface area contributed by atoms with Crippen LogP contribution in [0.4, 0.5) is 0 Å². The summed E-state index contributed by atoms with van der Waals surface area (Å²) >= 11 is 0. The summed E-state index contributed by atoms with van der Waals surface area (Å²) < 4.78 is 22.5. The Morgan fingerprint density at radius 2 is 1.94 bits per heavy atom. The zero-order valence-corrected chi connectivity index (χ0v) is 22.6. The molecule has 4 rings (SSSR count). The lowest BCUT2D eigenvalue weighted by Crippen LogP contribution is -2.50. The Bertz CT molecular complexity index is 898. The molecular weight excluding hydrogens is 460 g/mol. The largest absolute Gasteiger partial charge is 0.463 e. The number of aliphatic hydroxyl groups is 1. The first-order valence-corrected chi connectivity index (χ1v) is 13.5. The smallest absolute Gasteiger partial charge is 0.303 e. The number of aliphatic hydroxyl groups excluding tert-OH is 1. The molecule has 7 heteroatoms. The molecule has 202 valence electrons. The van der Waals surface area contributed by atoms with Crippen molar-refractivity contribution in [1.29, 1.82) is 0 Å². The van der Waals surface area contributed by atoms with Crippen LogP contribution in [0.2, 0.25) is 0 Å². The second-order valence-corrected chi connectivity index (χ2v) is 12.4. The molecule has 0 bridgehead atoms. The van der Waals surface area contributed by atoms with Crippen LogP contribution in [-0.2, 0) is 28.5 Å². The van der Waals surface area contributed by atoms with Crippen LogP contribution in [-0.4, -0.2) is 54.9 Å². The summed E-state index contributed by atoms with van der Waals surface area (Å²) in [5.41, 5.74) is 1.86. The molecule has 0 aromatic heterocycles. The van der Waals surface area contributed by atoms with Crippen LogP contribution in [0.1, 0.15) is 79.6 Å². The molecule has 1 N–H and O–H groups in total. The molecule has 0 aromatic carbocycles. The second kappa shape index (κ2) is 10.2. The molecule has 9 atom stereocenters. The van der Waals surface area contributed by atoms with Gasteiger partial charge in [0, 0.05) is 19.3 Å². The van der Waals surface area contributed by atoms with Crippen molar-refractivity contribution in [3.8, 4) is 0 Å². The summed E-state index contributed by atoms with van der Waals surface area (Å²) in [4.78, 5) is 22.9. The average molecular weight is 505 g/mol. The maximum atomic E-state index is 11.6. The Hall–Kier alpha value is -1.70. The average Bonchev–Trinajstić information content (AvgIpc) is 3.11. The standard InChI is InChI=1S/C29H44O7/c1-7-27(4)13-14-29(6)20(15-27)10-11-21-22(29)9-8-12-28(21,5)17-34-26-24(32)25(35-19(3)31)23(36-26)16-33-18(2)30/h7,11,20,22-26,32H,1,8-10,12-17H2,2-6H3/t20-,22-,23+,24+,25-,26+,27-,28+,29-/m0/s1. The normalized spacial score (nSPS) is 44.1. The zero-order chi connectivity index (χ0) is 26.3. The highest BCUT2D eigenvalue weighted by atomic mass is 16.7. The quantitative estimate of drug-likeness (QED) is 0.396. The van der Waals surface area contributed by atoms with Crippen molar-refractivity contribution in [3.63, 3.8) is 0 Å². The van der Waals surface area contributed by atoms with Crippen LogP contribution >= 0.6 is 0 Å². The van der Waals surface area contributed by atoms with Gasteiger partial charge in [-0.05, 0) is 61.2 Å². The highest BCUT2D eigenvalue weighted by molar-refractivity contribution is 5.66. The van der Waals surface area contributed by atoms with Gasteiger partial charge in [-0.25, -0.2) is 0 Å². The minimum absolute atomic E-state index is 0.113. The van der Waals surface area contributed by atoms with E-state index in [1.807, 2.05) is 0 Å². The van der Waals surface area contributed by atoms with Crippen molar-refractivity contribution in [2.75, 3.05) is 13.2 Å². The second-order valence-electron chi connectivity index (χ2n) is 12.4. The number of esters is 2. The van der Waals surface area contributed by atoms with Crippen molar-refractivity contribution in [1.82, 2.24) is 0 Å². The lowest BCUT2D eigenvalue weighted by atomic mass is 9.47. The topological polar surface area (TPSA) is 91.3 Å². The maximum Gasteiger partial charge on any atom is 0.303 e. The molecule has 1 saturated heterocycles. The summed E-state index contributed by atoms with van der Waals surface area (Å²) in [7, 11) is 0. The highest BCUT2D eigenvalue weighted by Crippen LogP contribution is 2.63. The lowest BCUT2D eigenvalue weighted by molar-refractivity contribution is -0.187. The van der Waals surface area contributed by atoms with E-state index in [0.29, 0.717) is 18.4 Å². The van der Waals surface area contributed by atoms with Gasteiger partial charge < -0.3 is 24.1 Å². The first-order valence-electron chi connectivity index (χ1n) is 13.5. The fourth-order valence-electron chi connectivity index (χ4n) is 7.35. The molecule has 36 heavy (non-hydrogen) atoms. The predicted octanol–water partition coefficient (Wildman–Crippen LogP) is 4.72. The summed E-state index contributed by atoms with van der Waals surface area (Å²) in [6, 6.07) is 0. The number of ether oxygens (including phenoxy) is 4. The van der Waals surface area contributed by atoms with Crippen LogP contribution < -0.4 is 0 Å². The molecule has 1 heterocycles. The number of carbonyl (C=O) groups is 2. The highest BCUT2D eigenvalue weighted by Gasteiger charge is 2.54. The Balaban J connectivity index is 1.47. The number of hydrogen-bond donors (Lipinski definition) is 1. The third-order valence-electron chi connectivity index (χ3n) is 9.69. The molecule has 4 aliphatic rings. The van der Waals surface area contributed by atoms with Gasteiger partial charge in [-0.15, -0.1) is 6.58 Å². The SMILES string of the molecule is C=C[C@@]1(C)CC[C@@]2(C)[C@@H](CC=C3[C@@H]2CCC[C@]3(C)CO[C@@H]2O[C@H](COC(C)=O)[C@H](OC(C)=O)[C@H]2O)C1. The number of fused-ring (bicyclic) bond motifs is 3. The molecule has 0 unspecified atom stereocenters. The van der Waals surface area contributed by atoms with E-state index < -0.39 is 36.5 Å². The Kier molecular flexibility index (Phi) is 7.76. The molecule has 7 nitrogen and oxygen atoms in total. The van der Waals surface area contributed by atoms with E-state index in [1.165, 1.54) is 45.1 Å². The van der Waals surface area contributed by atoms with Crippen LogP contribution in [0.25, 0.3) is 0 Å². The van der Waals surface area contributed by atoms with Crippen molar-refractivity contribution in [3.05, 3.63) is 24.3 Å². The van der Waals surface area contributed by atoms with Gasteiger partial charge >= 0.3 is 11.9 Å². The molecule has 3 aliphatic carbocycles. The summed E-state index contributed by atoms with van der Waals surface area (Å²) in [6.45, 7) is 14.1. The van der Waals surface area contributed by atoms with Gasteiger partial charge in [0.1, 0.15) is 18.8 Å². The number of hydrogen-bond acceptors (Lipinski definition) is 7. The summed E-state index contributed by atoms with van der Waals surface area (Å²) in [5.74, 6) is 0.200. The molecule has 0 aromatic rings. The van der Waals surface area contributed by atoms with Gasteiger partial charge in [-0.1, -0.05) is 44.9 Å². The molecule has 1 aliphatic heterocycles. The van der Waals surface area contributed by atoms with Gasteiger partial charge in [-0.2, -0.15) is 0 Å². The zero-order valence-electron chi connectivity index (χ0n) is 22.6. The van der Waals surface area contributed by atoms with E-state index in [4.69, 9.17) is 18.9 Å². The minimum Gasteiger partial charge on any atom is -0.463 e. The van der Waals surface area contributed by atoms with Crippen LogP contribution in [0.3, 0.4) is 0 Å². The van der Waals surface area contributed by atoms with E-state index in [1.54, 1.807) is 0 Å². The van der Waals surface area contributed by atoms with Crippen LogP contribution in [0, 0.1) is 28.1 Å². The van der Waals surface area contributed by atoms with E-state index >= 15 is 0 Å². The van der Waals surface area contributed by atoms with Gasteiger partial charge in [0.25, 0.3) is 0 Å². The fourth-order valence-corrected chi connectivity index (χ4v) is 7.35. The van der Waals surface area contributed by atoms with E-state index in [2.05, 4.69) is 39.5 Å². The lowest BCUT2D eigenvalue weighted by Gasteiger charge is -2.58. The monoisotopic (exact) mass is 504 g/mol. The van der Waals surface area contributed by atoms with Crippen molar-refractivity contribution in [2.24, 2.45) is 28.1 Å². The Labute approximate surface area is 215 Å². The van der Waals surface area contributed by atoms with Crippen LogP contribution in [0.5, 0.6) is 0 Å².